The molecule has 0 N–H and O–H groups in total. The van der Waals surface area contributed by atoms with E-state index in [4.69, 9.17) is 9.47 Å². The highest BCUT2D eigenvalue weighted by molar-refractivity contribution is 5.94. The van der Waals surface area contributed by atoms with Crippen LogP contribution in [0, 0.1) is 0 Å². The number of benzene rings is 4. The second-order valence-electron chi connectivity index (χ2n) is 12.0. The van der Waals surface area contributed by atoms with E-state index < -0.39 is 0 Å². The van der Waals surface area contributed by atoms with Gasteiger partial charge in [-0.3, -0.25) is 9.69 Å². The molecule has 0 spiro atoms. The van der Waals surface area contributed by atoms with Crippen molar-refractivity contribution in [3.05, 3.63) is 131 Å². The van der Waals surface area contributed by atoms with Crippen LogP contribution in [0.5, 0.6) is 11.5 Å². The maximum absolute atomic E-state index is 13.3. The number of hydrogen-bond acceptors (Lipinski definition) is 4. The number of amides is 1. The van der Waals surface area contributed by atoms with E-state index in [0.29, 0.717) is 5.92 Å². The first-order chi connectivity index (χ1) is 21.1. The molecule has 0 aliphatic carbocycles. The Morgan fingerprint density at radius 1 is 0.744 bits per heavy atom. The second-order valence-corrected chi connectivity index (χ2v) is 12.0. The minimum atomic E-state index is -0.126. The van der Waals surface area contributed by atoms with Crippen LogP contribution >= 0.6 is 0 Å². The third kappa shape index (κ3) is 6.33. The number of carbonyl (C=O) groups is 1. The Kier molecular flexibility index (Phi) is 8.80. The SMILES string of the molecule is COc1ccc(C2(c3ccc(OC)cc3)CCCN(Cc3ccc(C(=O)N4CCC(c5ccccc5)CC4)cc3)C2)cc1. The molecular weight excluding hydrogens is 532 g/mol. The number of hydrogen-bond donors (Lipinski definition) is 0. The Bertz CT molecular complexity index is 1430. The first-order valence-corrected chi connectivity index (χ1v) is 15.5. The van der Waals surface area contributed by atoms with Gasteiger partial charge in [0.05, 0.1) is 14.2 Å². The van der Waals surface area contributed by atoms with Gasteiger partial charge in [0, 0.05) is 37.2 Å². The Morgan fingerprint density at radius 2 is 1.33 bits per heavy atom. The molecule has 2 aliphatic rings. The fourth-order valence-electron chi connectivity index (χ4n) is 7.07. The summed E-state index contributed by atoms with van der Waals surface area (Å²) in [6, 6.07) is 36.2. The molecular formula is C38H42N2O3. The van der Waals surface area contributed by atoms with Crippen molar-refractivity contribution in [3.63, 3.8) is 0 Å². The summed E-state index contributed by atoms with van der Waals surface area (Å²) in [6.45, 7) is 4.44. The van der Waals surface area contributed by atoms with E-state index in [9.17, 15) is 4.79 Å². The molecule has 0 radical (unpaired) electrons. The minimum Gasteiger partial charge on any atom is -0.497 e. The molecule has 2 saturated heterocycles. The summed E-state index contributed by atoms with van der Waals surface area (Å²) in [5.74, 6) is 2.43. The van der Waals surface area contributed by atoms with Gasteiger partial charge in [0.25, 0.3) is 5.91 Å². The van der Waals surface area contributed by atoms with Gasteiger partial charge in [0.2, 0.25) is 0 Å². The fraction of sp³-hybridized carbons (Fsp3) is 0.342. The molecule has 222 valence electrons. The van der Waals surface area contributed by atoms with Gasteiger partial charge < -0.3 is 14.4 Å². The third-order valence-electron chi connectivity index (χ3n) is 9.52. The molecule has 0 atom stereocenters. The molecule has 0 unspecified atom stereocenters. The van der Waals surface area contributed by atoms with Crippen molar-refractivity contribution in [1.29, 1.82) is 0 Å². The van der Waals surface area contributed by atoms with E-state index in [1.807, 2.05) is 17.0 Å². The second kappa shape index (κ2) is 13.0. The molecule has 2 heterocycles. The van der Waals surface area contributed by atoms with E-state index in [1.54, 1.807) is 14.2 Å². The van der Waals surface area contributed by atoms with E-state index in [2.05, 4.69) is 95.9 Å². The highest BCUT2D eigenvalue weighted by Gasteiger charge is 2.39. The maximum Gasteiger partial charge on any atom is 0.253 e. The summed E-state index contributed by atoms with van der Waals surface area (Å²) in [5.41, 5.74) is 5.89. The number of nitrogens with zero attached hydrogens (tertiary/aromatic N) is 2. The van der Waals surface area contributed by atoms with Crippen LogP contribution in [0.15, 0.2) is 103 Å². The minimum absolute atomic E-state index is 0.126. The molecule has 0 aromatic heterocycles. The Balaban J connectivity index is 1.14. The van der Waals surface area contributed by atoms with Crippen molar-refractivity contribution >= 4 is 5.91 Å². The third-order valence-corrected chi connectivity index (χ3v) is 9.52. The topological polar surface area (TPSA) is 42.0 Å². The van der Waals surface area contributed by atoms with Crippen molar-refractivity contribution in [3.8, 4) is 11.5 Å². The standard InChI is InChI=1S/C38H42N2O3/c1-42-35-17-13-33(14-18-35)38(34-15-19-36(43-2)20-16-34)23-6-24-39(28-38)27-29-9-11-32(12-10-29)37(41)40-25-21-31(22-26-40)30-7-4-3-5-8-30/h3-5,7-20,31H,6,21-28H2,1-2H3. The zero-order chi connectivity index (χ0) is 29.6. The molecule has 0 bridgehead atoms. The molecule has 4 aromatic rings. The first-order valence-electron chi connectivity index (χ1n) is 15.5. The lowest BCUT2D eigenvalue weighted by atomic mass is 9.69. The highest BCUT2D eigenvalue weighted by atomic mass is 16.5. The maximum atomic E-state index is 13.3. The van der Waals surface area contributed by atoms with Gasteiger partial charge in [-0.05, 0) is 96.8 Å². The average Bonchev–Trinajstić information content (AvgIpc) is 3.09. The molecule has 2 aliphatic heterocycles. The number of methoxy groups -OCH3 is 2. The summed E-state index contributed by atoms with van der Waals surface area (Å²) < 4.78 is 10.9. The number of likely N-dealkylation sites (tertiary alicyclic amines) is 2. The normalized spacial score (nSPS) is 17.4. The van der Waals surface area contributed by atoms with Crippen molar-refractivity contribution in [2.75, 3.05) is 40.4 Å². The lowest BCUT2D eigenvalue weighted by Gasteiger charge is -2.44. The quantitative estimate of drug-likeness (QED) is 0.221. The van der Waals surface area contributed by atoms with Crippen LogP contribution in [0.25, 0.3) is 0 Å². The van der Waals surface area contributed by atoms with E-state index in [-0.39, 0.29) is 11.3 Å². The van der Waals surface area contributed by atoms with Gasteiger partial charge in [-0.25, -0.2) is 0 Å². The monoisotopic (exact) mass is 574 g/mol. The van der Waals surface area contributed by atoms with Gasteiger partial charge in [0.1, 0.15) is 11.5 Å². The number of carbonyl (C=O) groups excluding carboxylic acids is 1. The molecule has 1 amide bonds. The predicted octanol–water partition coefficient (Wildman–Crippen LogP) is 7.31. The number of piperidine rings is 2. The molecule has 5 heteroatoms. The highest BCUT2D eigenvalue weighted by Crippen LogP contribution is 2.42. The van der Waals surface area contributed by atoms with Crippen molar-refractivity contribution < 1.29 is 14.3 Å². The van der Waals surface area contributed by atoms with Crippen molar-refractivity contribution in [2.45, 2.75) is 43.6 Å². The average molecular weight is 575 g/mol. The first kappa shape index (κ1) is 29.0. The lowest BCUT2D eigenvalue weighted by Crippen LogP contribution is -2.46. The van der Waals surface area contributed by atoms with Crippen LogP contribution in [0.3, 0.4) is 0 Å². The molecule has 2 fully saturated rings. The van der Waals surface area contributed by atoms with Crippen LogP contribution in [-0.4, -0.2) is 56.1 Å². The predicted molar refractivity (Wildman–Crippen MR) is 172 cm³/mol. The van der Waals surface area contributed by atoms with Crippen molar-refractivity contribution in [1.82, 2.24) is 9.80 Å². The van der Waals surface area contributed by atoms with Crippen LogP contribution in [-0.2, 0) is 12.0 Å². The van der Waals surface area contributed by atoms with Gasteiger partial charge in [-0.1, -0.05) is 66.7 Å². The molecule has 43 heavy (non-hydrogen) atoms. The summed E-state index contributed by atoms with van der Waals surface area (Å²) in [7, 11) is 3.42. The van der Waals surface area contributed by atoms with Gasteiger partial charge >= 0.3 is 0 Å². The van der Waals surface area contributed by atoms with E-state index in [1.165, 1.54) is 22.3 Å². The van der Waals surface area contributed by atoms with Crippen LogP contribution in [0.4, 0.5) is 0 Å². The van der Waals surface area contributed by atoms with Crippen molar-refractivity contribution in [2.24, 2.45) is 0 Å². The zero-order valence-electron chi connectivity index (χ0n) is 25.4. The summed E-state index contributed by atoms with van der Waals surface area (Å²) in [6.07, 6.45) is 4.23. The molecule has 6 rings (SSSR count). The lowest BCUT2D eigenvalue weighted by molar-refractivity contribution is 0.0713. The van der Waals surface area contributed by atoms with E-state index >= 15 is 0 Å². The van der Waals surface area contributed by atoms with Gasteiger partial charge in [-0.2, -0.15) is 0 Å². The summed E-state index contributed by atoms with van der Waals surface area (Å²) in [4.78, 5) is 17.9. The van der Waals surface area contributed by atoms with Gasteiger partial charge in [-0.15, -0.1) is 0 Å². The Hall–Kier alpha value is -4.09. The summed E-state index contributed by atoms with van der Waals surface area (Å²) in [5, 5.41) is 0. The molecule has 4 aromatic carbocycles. The van der Waals surface area contributed by atoms with Crippen LogP contribution in [0.1, 0.15) is 64.2 Å². The molecule has 5 nitrogen and oxygen atoms in total. The largest absolute Gasteiger partial charge is 0.497 e. The summed E-state index contributed by atoms with van der Waals surface area (Å²) >= 11 is 0. The van der Waals surface area contributed by atoms with Crippen LogP contribution < -0.4 is 9.47 Å². The Labute approximate surface area is 256 Å². The number of ether oxygens (including phenoxy) is 2. The van der Waals surface area contributed by atoms with Gasteiger partial charge in [0.15, 0.2) is 0 Å². The fourth-order valence-corrected chi connectivity index (χ4v) is 7.07. The number of rotatable bonds is 8. The van der Waals surface area contributed by atoms with Crippen LogP contribution in [0.2, 0.25) is 0 Å². The zero-order valence-corrected chi connectivity index (χ0v) is 25.4. The smallest absolute Gasteiger partial charge is 0.253 e. The molecule has 0 saturated carbocycles. The Morgan fingerprint density at radius 3 is 1.88 bits per heavy atom. The van der Waals surface area contributed by atoms with E-state index in [0.717, 1.165) is 75.5 Å².